The second-order valence-corrected chi connectivity index (χ2v) is 10.4. The number of nitrogens with one attached hydrogen (secondary N) is 4. The van der Waals surface area contributed by atoms with Gasteiger partial charge in [0.15, 0.2) is 5.96 Å². The lowest BCUT2D eigenvalue weighted by Crippen LogP contribution is -2.42. The Kier molecular flexibility index (Phi) is 8.31. The standard InChI is InChI=1S/C26H29N5O5S/c1-15-11-16(2)23(17(3)12-15)37(35,36)31-22(25(33)34)13-18-7-9-20(10-8-18)29-24(32)19-5-4-6-21(14-19)30-26(27)28/h4-12,14,22,31H,13H2,1-3H3,(H,29,32)(H,33,34)(H4,27,28,30). The summed E-state index contributed by atoms with van der Waals surface area (Å²) < 4.78 is 28.4. The number of nitrogens with two attached hydrogens (primary N) is 1. The van der Waals surface area contributed by atoms with E-state index < -0.39 is 22.0 Å². The summed E-state index contributed by atoms with van der Waals surface area (Å²) in [6, 6.07) is 15.0. The lowest BCUT2D eigenvalue weighted by atomic mass is 10.1. The van der Waals surface area contributed by atoms with Crippen molar-refractivity contribution >= 4 is 39.2 Å². The number of carbonyl (C=O) groups excluding carboxylic acids is 1. The molecule has 0 heterocycles. The molecule has 0 aliphatic rings. The van der Waals surface area contributed by atoms with Gasteiger partial charge in [0, 0.05) is 16.9 Å². The zero-order valence-corrected chi connectivity index (χ0v) is 21.4. The molecule has 0 aliphatic carbocycles. The molecule has 3 rings (SSSR count). The first-order valence-corrected chi connectivity index (χ1v) is 12.8. The summed E-state index contributed by atoms with van der Waals surface area (Å²) in [5.41, 5.74) is 9.19. The van der Waals surface area contributed by atoms with Crippen LogP contribution in [0.5, 0.6) is 0 Å². The molecule has 37 heavy (non-hydrogen) atoms. The number of aryl methyl sites for hydroxylation is 3. The van der Waals surface area contributed by atoms with Crippen LogP contribution in [0, 0.1) is 26.2 Å². The first kappa shape index (κ1) is 27.4. The lowest BCUT2D eigenvalue weighted by molar-refractivity contribution is -0.138. The van der Waals surface area contributed by atoms with Crippen molar-refractivity contribution in [2.45, 2.75) is 38.1 Å². The molecule has 1 amide bonds. The van der Waals surface area contributed by atoms with Gasteiger partial charge in [-0.3, -0.25) is 15.0 Å². The molecule has 10 nitrogen and oxygen atoms in total. The number of hydrogen-bond acceptors (Lipinski definition) is 5. The van der Waals surface area contributed by atoms with E-state index in [0.29, 0.717) is 33.6 Å². The fraction of sp³-hybridized carbons (Fsp3) is 0.192. The Labute approximate surface area is 215 Å². The number of benzene rings is 3. The van der Waals surface area contributed by atoms with E-state index in [1.165, 1.54) is 0 Å². The van der Waals surface area contributed by atoms with E-state index in [-0.39, 0.29) is 23.2 Å². The molecule has 0 radical (unpaired) electrons. The Morgan fingerprint density at radius 3 is 2.14 bits per heavy atom. The summed E-state index contributed by atoms with van der Waals surface area (Å²) >= 11 is 0. The van der Waals surface area contributed by atoms with Crippen molar-refractivity contribution in [3.05, 3.63) is 88.5 Å². The average molecular weight is 524 g/mol. The van der Waals surface area contributed by atoms with Gasteiger partial charge in [-0.2, -0.15) is 4.72 Å². The maximum atomic E-state index is 13.0. The molecular weight excluding hydrogens is 494 g/mol. The summed E-state index contributed by atoms with van der Waals surface area (Å²) in [6.45, 7) is 5.21. The van der Waals surface area contributed by atoms with Gasteiger partial charge in [-0.15, -0.1) is 0 Å². The topological polar surface area (TPSA) is 174 Å². The minimum atomic E-state index is -4.08. The van der Waals surface area contributed by atoms with E-state index >= 15 is 0 Å². The van der Waals surface area contributed by atoms with Crippen molar-refractivity contribution in [2.75, 3.05) is 10.6 Å². The van der Waals surface area contributed by atoms with Gasteiger partial charge in [-0.25, -0.2) is 8.42 Å². The van der Waals surface area contributed by atoms with Crippen LogP contribution >= 0.6 is 0 Å². The Morgan fingerprint density at radius 2 is 1.57 bits per heavy atom. The highest BCUT2D eigenvalue weighted by molar-refractivity contribution is 7.89. The van der Waals surface area contributed by atoms with E-state index in [1.807, 2.05) is 6.92 Å². The highest BCUT2D eigenvalue weighted by Gasteiger charge is 2.28. The van der Waals surface area contributed by atoms with E-state index in [0.717, 1.165) is 5.56 Å². The molecule has 0 fully saturated rings. The number of aliphatic carboxylic acids is 1. The zero-order chi connectivity index (χ0) is 27.3. The molecule has 1 unspecified atom stereocenters. The largest absolute Gasteiger partial charge is 0.480 e. The molecule has 3 aromatic rings. The van der Waals surface area contributed by atoms with E-state index in [1.54, 1.807) is 74.5 Å². The van der Waals surface area contributed by atoms with Gasteiger partial charge in [-0.05, 0) is 74.2 Å². The van der Waals surface area contributed by atoms with E-state index in [4.69, 9.17) is 11.1 Å². The molecule has 0 aliphatic heterocycles. The molecule has 194 valence electrons. The normalized spacial score (nSPS) is 12.0. The fourth-order valence-corrected chi connectivity index (χ4v) is 5.72. The highest BCUT2D eigenvalue weighted by atomic mass is 32.2. The molecule has 0 saturated heterocycles. The third-order valence-electron chi connectivity index (χ3n) is 5.52. The summed E-state index contributed by atoms with van der Waals surface area (Å²) in [6.07, 6.45) is -0.0918. The van der Waals surface area contributed by atoms with Gasteiger partial charge >= 0.3 is 5.97 Å². The van der Waals surface area contributed by atoms with Gasteiger partial charge in [0.1, 0.15) is 6.04 Å². The predicted molar refractivity (Wildman–Crippen MR) is 142 cm³/mol. The van der Waals surface area contributed by atoms with Crippen LogP contribution in [0.25, 0.3) is 0 Å². The smallest absolute Gasteiger partial charge is 0.322 e. The van der Waals surface area contributed by atoms with Crippen LogP contribution in [0.15, 0.2) is 65.6 Å². The third kappa shape index (κ3) is 7.15. The summed E-state index contributed by atoms with van der Waals surface area (Å²) in [5, 5.41) is 22.3. The van der Waals surface area contributed by atoms with Crippen LogP contribution in [0.3, 0.4) is 0 Å². The average Bonchev–Trinajstić information content (AvgIpc) is 2.78. The van der Waals surface area contributed by atoms with Crippen molar-refractivity contribution in [2.24, 2.45) is 5.73 Å². The molecule has 3 aromatic carbocycles. The first-order chi connectivity index (χ1) is 17.4. The second kappa shape index (κ2) is 11.2. The van der Waals surface area contributed by atoms with Crippen molar-refractivity contribution in [3.63, 3.8) is 0 Å². The van der Waals surface area contributed by atoms with E-state index in [9.17, 15) is 23.1 Å². The monoisotopic (exact) mass is 523 g/mol. The maximum Gasteiger partial charge on any atom is 0.322 e. The van der Waals surface area contributed by atoms with Crippen LogP contribution < -0.4 is 21.1 Å². The second-order valence-electron chi connectivity index (χ2n) is 8.71. The van der Waals surface area contributed by atoms with Crippen LogP contribution in [0.1, 0.15) is 32.6 Å². The maximum absolute atomic E-state index is 13.0. The van der Waals surface area contributed by atoms with Gasteiger partial charge in [0.2, 0.25) is 10.0 Å². The number of carboxylic acid groups (broad SMARTS) is 1. The van der Waals surface area contributed by atoms with Crippen molar-refractivity contribution in [3.8, 4) is 0 Å². The number of carboxylic acids is 1. The lowest BCUT2D eigenvalue weighted by Gasteiger charge is -2.18. The highest BCUT2D eigenvalue weighted by Crippen LogP contribution is 2.22. The van der Waals surface area contributed by atoms with Gasteiger partial charge in [0.05, 0.1) is 4.90 Å². The minimum absolute atomic E-state index is 0.0741. The van der Waals surface area contributed by atoms with E-state index in [2.05, 4.69) is 15.4 Å². The summed E-state index contributed by atoms with van der Waals surface area (Å²) in [4.78, 5) is 24.6. The zero-order valence-electron chi connectivity index (χ0n) is 20.6. The number of guanidine groups is 1. The van der Waals surface area contributed by atoms with Crippen LogP contribution in [-0.2, 0) is 21.2 Å². The molecule has 0 spiro atoms. The number of sulfonamides is 1. The van der Waals surface area contributed by atoms with Crippen molar-refractivity contribution in [1.29, 1.82) is 5.41 Å². The molecule has 0 bridgehead atoms. The number of hydrogen-bond donors (Lipinski definition) is 6. The van der Waals surface area contributed by atoms with Crippen molar-refractivity contribution in [1.82, 2.24) is 4.72 Å². The SMILES string of the molecule is Cc1cc(C)c(S(=O)(=O)NC(Cc2ccc(NC(=O)c3cccc(NC(=N)N)c3)cc2)C(=O)O)c(C)c1. The summed E-state index contributed by atoms with van der Waals surface area (Å²) in [7, 11) is -4.08. The molecule has 11 heteroatoms. The van der Waals surface area contributed by atoms with Gasteiger partial charge < -0.3 is 21.5 Å². The number of carbonyl (C=O) groups is 2. The van der Waals surface area contributed by atoms with Crippen LogP contribution in [0.2, 0.25) is 0 Å². The number of rotatable bonds is 9. The predicted octanol–water partition coefficient (Wildman–Crippen LogP) is 3.14. The molecule has 0 aromatic heterocycles. The van der Waals surface area contributed by atoms with Gasteiger partial charge in [-0.1, -0.05) is 35.9 Å². The Morgan fingerprint density at radius 1 is 0.946 bits per heavy atom. The van der Waals surface area contributed by atoms with Crippen LogP contribution in [0.4, 0.5) is 11.4 Å². The minimum Gasteiger partial charge on any atom is -0.480 e. The molecule has 0 saturated carbocycles. The fourth-order valence-electron chi connectivity index (χ4n) is 4.07. The number of anilines is 2. The molecule has 1 atom stereocenters. The molecular formula is C26H29N5O5S. The summed E-state index contributed by atoms with van der Waals surface area (Å²) in [5.74, 6) is -1.94. The van der Waals surface area contributed by atoms with Gasteiger partial charge in [0.25, 0.3) is 5.91 Å². The Bertz CT molecular complexity index is 1430. The Balaban J connectivity index is 1.72. The molecule has 7 N–H and O–H groups in total. The van der Waals surface area contributed by atoms with Crippen molar-refractivity contribution < 1.29 is 23.1 Å². The third-order valence-corrected chi connectivity index (χ3v) is 7.30. The quantitative estimate of drug-likeness (QED) is 0.184. The Hall–Kier alpha value is -4.22. The first-order valence-electron chi connectivity index (χ1n) is 11.3. The number of amides is 1. The van der Waals surface area contributed by atoms with Crippen LogP contribution in [-0.4, -0.2) is 37.4 Å².